The highest BCUT2D eigenvalue weighted by molar-refractivity contribution is 6.01. The van der Waals surface area contributed by atoms with Crippen LogP contribution in [-0.4, -0.2) is 12.9 Å². The van der Waals surface area contributed by atoms with Crippen LogP contribution in [0, 0.1) is 0 Å². The topological polar surface area (TPSA) is 39.4 Å². The molecule has 3 rings (SSSR count). The zero-order valence-corrected chi connectivity index (χ0v) is 12.0. The van der Waals surface area contributed by atoms with E-state index < -0.39 is 0 Å². The number of Topliss-reactive ketones (excluding diaryl/α,β-unsaturated/α-hetero) is 1. The van der Waals surface area contributed by atoms with Gasteiger partial charge in [-0.25, -0.2) is 0 Å². The van der Waals surface area contributed by atoms with E-state index in [1.165, 1.54) is 0 Å². The Balaban J connectivity index is 1.94. The summed E-state index contributed by atoms with van der Waals surface area (Å²) in [6, 6.07) is 9.71. The third-order valence-electron chi connectivity index (χ3n) is 3.98. The number of carbonyl (C=O) groups excluding carboxylic acids is 1. The summed E-state index contributed by atoms with van der Waals surface area (Å²) in [7, 11) is 1.65. The van der Waals surface area contributed by atoms with Crippen molar-refractivity contribution in [2.75, 3.05) is 7.11 Å². The van der Waals surface area contributed by atoms with Gasteiger partial charge in [0.05, 0.1) is 19.6 Å². The minimum atomic E-state index is 0.145. The van der Waals surface area contributed by atoms with Crippen molar-refractivity contribution in [3.63, 3.8) is 0 Å². The first-order valence-corrected chi connectivity index (χ1v) is 7.19. The Morgan fingerprint density at radius 2 is 2.05 bits per heavy atom. The lowest BCUT2D eigenvalue weighted by molar-refractivity contribution is -0.116. The lowest BCUT2D eigenvalue weighted by Gasteiger charge is -2.23. The van der Waals surface area contributed by atoms with Crippen molar-refractivity contribution in [1.82, 2.24) is 0 Å². The second-order valence-corrected chi connectivity index (χ2v) is 5.30. The molecular weight excluding hydrogens is 264 g/mol. The lowest BCUT2D eigenvalue weighted by Crippen LogP contribution is -2.17. The molecule has 0 saturated heterocycles. The SMILES string of the molecule is COc1ccc(C=C2C(=O)CCCC2c2ccoc2)cc1. The molecule has 0 aliphatic heterocycles. The van der Waals surface area contributed by atoms with Gasteiger partial charge >= 0.3 is 0 Å². The number of ketones is 1. The van der Waals surface area contributed by atoms with Gasteiger partial charge in [0, 0.05) is 17.9 Å². The van der Waals surface area contributed by atoms with Crippen LogP contribution >= 0.6 is 0 Å². The third kappa shape index (κ3) is 2.92. The van der Waals surface area contributed by atoms with Gasteiger partial charge in [0.1, 0.15) is 5.75 Å². The molecule has 0 amide bonds. The highest BCUT2D eigenvalue weighted by Crippen LogP contribution is 2.36. The van der Waals surface area contributed by atoms with E-state index in [0.29, 0.717) is 6.42 Å². The number of methoxy groups -OCH3 is 1. The van der Waals surface area contributed by atoms with Gasteiger partial charge in [-0.3, -0.25) is 4.79 Å². The Morgan fingerprint density at radius 3 is 2.71 bits per heavy atom. The average molecular weight is 282 g/mol. The van der Waals surface area contributed by atoms with Gasteiger partial charge in [-0.2, -0.15) is 0 Å². The van der Waals surface area contributed by atoms with Crippen LogP contribution in [0.15, 0.2) is 52.8 Å². The summed E-state index contributed by atoms with van der Waals surface area (Å²) >= 11 is 0. The Morgan fingerprint density at radius 1 is 1.24 bits per heavy atom. The summed E-state index contributed by atoms with van der Waals surface area (Å²) in [5, 5.41) is 0. The van der Waals surface area contributed by atoms with Gasteiger partial charge in [-0.05, 0) is 48.2 Å². The maximum absolute atomic E-state index is 12.3. The number of benzene rings is 1. The van der Waals surface area contributed by atoms with Crippen LogP contribution in [0.3, 0.4) is 0 Å². The van der Waals surface area contributed by atoms with Crippen LogP contribution in [-0.2, 0) is 4.79 Å². The predicted octanol–water partition coefficient (Wildman–Crippen LogP) is 4.21. The number of allylic oxidation sites excluding steroid dienone is 1. The quantitative estimate of drug-likeness (QED) is 0.792. The monoisotopic (exact) mass is 282 g/mol. The molecule has 3 heteroatoms. The Kier molecular flexibility index (Phi) is 3.91. The third-order valence-corrected chi connectivity index (χ3v) is 3.98. The zero-order valence-electron chi connectivity index (χ0n) is 12.0. The summed E-state index contributed by atoms with van der Waals surface area (Å²) in [4.78, 5) is 12.3. The maximum Gasteiger partial charge on any atom is 0.159 e. The van der Waals surface area contributed by atoms with Gasteiger partial charge in [0.25, 0.3) is 0 Å². The molecule has 1 heterocycles. The number of hydrogen-bond acceptors (Lipinski definition) is 3. The van der Waals surface area contributed by atoms with E-state index in [1.54, 1.807) is 19.6 Å². The molecule has 3 nitrogen and oxygen atoms in total. The Bertz CT molecular complexity index is 636. The van der Waals surface area contributed by atoms with Gasteiger partial charge in [-0.1, -0.05) is 12.1 Å². The molecule has 0 spiro atoms. The number of rotatable bonds is 3. The van der Waals surface area contributed by atoms with Gasteiger partial charge in [0.2, 0.25) is 0 Å². The molecule has 1 saturated carbocycles. The van der Waals surface area contributed by atoms with Crippen molar-refractivity contribution in [2.24, 2.45) is 0 Å². The Hall–Kier alpha value is -2.29. The van der Waals surface area contributed by atoms with Crippen molar-refractivity contribution in [2.45, 2.75) is 25.2 Å². The minimum Gasteiger partial charge on any atom is -0.497 e. The van der Waals surface area contributed by atoms with Gasteiger partial charge < -0.3 is 9.15 Å². The fourth-order valence-electron chi connectivity index (χ4n) is 2.84. The fourth-order valence-corrected chi connectivity index (χ4v) is 2.84. The Labute approximate surface area is 124 Å². The highest BCUT2D eigenvalue weighted by Gasteiger charge is 2.27. The highest BCUT2D eigenvalue weighted by atomic mass is 16.5. The molecule has 108 valence electrons. The fraction of sp³-hybridized carbons (Fsp3) is 0.278. The molecule has 21 heavy (non-hydrogen) atoms. The zero-order chi connectivity index (χ0) is 14.7. The van der Waals surface area contributed by atoms with Gasteiger partial charge in [-0.15, -0.1) is 0 Å². The first kappa shape index (κ1) is 13.7. The molecule has 1 atom stereocenters. The number of ether oxygens (including phenoxy) is 1. The van der Waals surface area contributed by atoms with E-state index in [0.717, 1.165) is 35.3 Å². The molecule has 1 unspecified atom stereocenters. The van der Waals surface area contributed by atoms with E-state index in [-0.39, 0.29) is 11.7 Å². The first-order valence-electron chi connectivity index (χ1n) is 7.19. The van der Waals surface area contributed by atoms with Crippen LogP contribution in [0.5, 0.6) is 5.75 Å². The van der Waals surface area contributed by atoms with Gasteiger partial charge in [0.15, 0.2) is 5.78 Å². The molecule has 2 aromatic rings. The minimum absolute atomic E-state index is 0.145. The number of furan rings is 1. The van der Waals surface area contributed by atoms with E-state index in [4.69, 9.17) is 9.15 Å². The van der Waals surface area contributed by atoms with Crippen molar-refractivity contribution in [1.29, 1.82) is 0 Å². The summed E-state index contributed by atoms with van der Waals surface area (Å²) < 4.78 is 10.3. The molecule has 0 bridgehead atoms. The van der Waals surface area contributed by atoms with Crippen molar-refractivity contribution in [3.8, 4) is 5.75 Å². The van der Waals surface area contributed by atoms with Crippen LogP contribution < -0.4 is 4.74 Å². The van der Waals surface area contributed by atoms with Crippen molar-refractivity contribution < 1.29 is 13.9 Å². The second kappa shape index (κ2) is 6.00. The molecule has 1 aliphatic rings. The molecule has 1 aromatic carbocycles. The van der Waals surface area contributed by atoms with Crippen molar-refractivity contribution >= 4 is 11.9 Å². The summed E-state index contributed by atoms with van der Waals surface area (Å²) in [6.45, 7) is 0. The molecule has 0 N–H and O–H groups in total. The van der Waals surface area contributed by atoms with E-state index >= 15 is 0 Å². The molecule has 1 aromatic heterocycles. The average Bonchev–Trinajstić information content (AvgIpc) is 3.04. The number of carbonyl (C=O) groups is 1. The van der Waals surface area contributed by atoms with E-state index in [2.05, 4.69) is 0 Å². The first-order chi connectivity index (χ1) is 10.3. The molecule has 1 aliphatic carbocycles. The maximum atomic E-state index is 12.3. The summed E-state index contributed by atoms with van der Waals surface area (Å²) in [5.74, 6) is 1.20. The second-order valence-electron chi connectivity index (χ2n) is 5.30. The summed E-state index contributed by atoms with van der Waals surface area (Å²) in [5.41, 5.74) is 2.99. The van der Waals surface area contributed by atoms with E-state index in [9.17, 15) is 4.79 Å². The number of hydrogen-bond donors (Lipinski definition) is 0. The van der Waals surface area contributed by atoms with E-state index in [1.807, 2.05) is 36.4 Å². The van der Waals surface area contributed by atoms with Crippen LogP contribution in [0.1, 0.15) is 36.3 Å². The summed E-state index contributed by atoms with van der Waals surface area (Å²) in [6.07, 6.45) is 7.97. The van der Waals surface area contributed by atoms with Crippen molar-refractivity contribution in [3.05, 3.63) is 59.6 Å². The normalized spacial score (nSPS) is 20.7. The van der Waals surface area contributed by atoms with Crippen LogP contribution in [0.25, 0.3) is 6.08 Å². The lowest BCUT2D eigenvalue weighted by atomic mass is 9.79. The molecule has 0 radical (unpaired) electrons. The van der Waals surface area contributed by atoms with Crippen LogP contribution in [0.2, 0.25) is 0 Å². The smallest absolute Gasteiger partial charge is 0.159 e. The standard InChI is InChI=1S/C18H18O3/c1-20-15-7-5-13(6-8-15)11-17-16(3-2-4-18(17)19)14-9-10-21-12-14/h5-12,16H,2-4H2,1H3. The molecular formula is C18H18O3. The predicted molar refractivity (Wildman–Crippen MR) is 81.3 cm³/mol. The largest absolute Gasteiger partial charge is 0.497 e. The van der Waals surface area contributed by atoms with Crippen LogP contribution in [0.4, 0.5) is 0 Å². The molecule has 1 fully saturated rings.